The summed E-state index contributed by atoms with van der Waals surface area (Å²) < 4.78 is 1.18. The minimum Gasteiger partial charge on any atom is -0.330 e. The molecular formula is C8H13BrN2S. The van der Waals surface area contributed by atoms with Crippen LogP contribution in [0.5, 0.6) is 0 Å². The topological polar surface area (TPSA) is 38.9 Å². The summed E-state index contributed by atoms with van der Waals surface area (Å²) in [4.78, 5) is 4.48. The van der Waals surface area contributed by atoms with Gasteiger partial charge in [-0.3, -0.25) is 0 Å². The molecule has 0 fully saturated rings. The summed E-state index contributed by atoms with van der Waals surface area (Å²) in [6.45, 7) is 2.87. The average Bonchev–Trinajstić information content (AvgIpc) is 2.43. The third-order valence-corrected chi connectivity index (χ3v) is 3.51. The van der Waals surface area contributed by atoms with E-state index in [2.05, 4.69) is 27.8 Å². The van der Waals surface area contributed by atoms with Crippen LogP contribution in [0.15, 0.2) is 3.79 Å². The first-order valence-corrected chi connectivity index (χ1v) is 5.73. The zero-order valence-electron chi connectivity index (χ0n) is 7.14. The Morgan fingerprint density at radius 3 is 2.83 bits per heavy atom. The van der Waals surface area contributed by atoms with E-state index in [0.717, 1.165) is 25.8 Å². The van der Waals surface area contributed by atoms with Crippen LogP contribution in [0.1, 0.15) is 24.0 Å². The fraction of sp³-hybridized carbons (Fsp3) is 0.625. The van der Waals surface area contributed by atoms with Crippen LogP contribution in [0.2, 0.25) is 0 Å². The Morgan fingerprint density at radius 2 is 2.33 bits per heavy atom. The van der Waals surface area contributed by atoms with E-state index in [1.165, 1.54) is 14.5 Å². The molecule has 0 aliphatic carbocycles. The maximum absolute atomic E-state index is 5.42. The molecule has 0 unspecified atom stereocenters. The molecule has 2 N–H and O–H groups in total. The Labute approximate surface area is 85.3 Å². The number of hydrogen-bond donors (Lipinski definition) is 1. The van der Waals surface area contributed by atoms with E-state index in [9.17, 15) is 0 Å². The number of nitrogens with zero attached hydrogens (tertiary/aromatic N) is 1. The van der Waals surface area contributed by atoms with Gasteiger partial charge < -0.3 is 5.73 Å². The molecule has 0 atom stereocenters. The van der Waals surface area contributed by atoms with Crippen molar-refractivity contribution in [3.05, 3.63) is 14.5 Å². The normalized spacial score (nSPS) is 10.6. The Morgan fingerprint density at radius 1 is 1.58 bits per heavy atom. The fourth-order valence-electron chi connectivity index (χ4n) is 0.958. The second-order valence-electron chi connectivity index (χ2n) is 2.57. The molecule has 1 heterocycles. The number of halogens is 1. The summed E-state index contributed by atoms with van der Waals surface area (Å²) in [7, 11) is 0. The fourth-order valence-corrected chi connectivity index (χ4v) is 2.80. The van der Waals surface area contributed by atoms with Crippen molar-refractivity contribution in [2.45, 2.75) is 26.2 Å². The summed E-state index contributed by atoms with van der Waals surface area (Å²) in [6, 6.07) is 0. The highest BCUT2D eigenvalue weighted by Crippen LogP contribution is 2.25. The SMILES string of the molecule is CCc1nc(CCCN)sc1Br. The average molecular weight is 249 g/mol. The second-order valence-corrected chi connectivity index (χ2v) is 4.98. The van der Waals surface area contributed by atoms with Crippen LogP contribution in [-0.4, -0.2) is 11.5 Å². The molecule has 0 bridgehead atoms. The van der Waals surface area contributed by atoms with Gasteiger partial charge in [0, 0.05) is 6.42 Å². The van der Waals surface area contributed by atoms with Crippen molar-refractivity contribution in [2.75, 3.05) is 6.54 Å². The summed E-state index contributed by atoms with van der Waals surface area (Å²) in [5.74, 6) is 0. The highest BCUT2D eigenvalue weighted by molar-refractivity contribution is 9.11. The minimum atomic E-state index is 0.749. The Hall–Kier alpha value is 0.0700. The molecule has 0 spiro atoms. The molecule has 0 amide bonds. The van der Waals surface area contributed by atoms with E-state index >= 15 is 0 Å². The lowest BCUT2D eigenvalue weighted by atomic mass is 10.3. The van der Waals surface area contributed by atoms with Crippen molar-refractivity contribution in [1.29, 1.82) is 0 Å². The third kappa shape index (κ3) is 2.54. The van der Waals surface area contributed by atoms with Crippen molar-refractivity contribution in [1.82, 2.24) is 4.98 Å². The molecule has 0 radical (unpaired) electrons. The van der Waals surface area contributed by atoms with Gasteiger partial charge in [-0.1, -0.05) is 6.92 Å². The van der Waals surface area contributed by atoms with E-state index in [4.69, 9.17) is 5.73 Å². The van der Waals surface area contributed by atoms with E-state index in [-0.39, 0.29) is 0 Å². The van der Waals surface area contributed by atoms with Gasteiger partial charge in [0.1, 0.15) is 0 Å². The van der Waals surface area contributed by atoms with Crippen LogP contribution < -0.4 is 5.73 Å². The minimum absolute atomic E-state index is 0.749. The quantitative estimate of drug-likeness (QED) is 0.889. The van der Waals surface area contributed by atoms with Crippen LogP contribution in [0.3, 0.4) is 0 Å². The van der Waals surface area contributed by atoms with Gasteiger partial charge in [0.15, 0.2) is 0 Å². The number of aromatic nitrogens is 1. The number of hydrogen-bond acceptors (Lipinski definition) is 3. The monoisotopic (exact) mass is 248 g/mol. The lowest BCUT2D eigenvalue weighted by molar-refractivity contribution is 0.820. The van der Waals surface area contributed by atoms with E-state index in [1.54, 1.807) is 11.3 Å². The van der Waals surface area contributed by atoms with Gasteiger partial charge in [-0.05, 0) is 35.3 Å². The highest BCUT2D eigenvalue weighted by atomic mass is 79.9. The summed E-state index contributed by atoms with van der Waals surface area (Å²) in [5.41, 5.74) is 6.59. The van der Waals surface area contributed by atoms with Gasteiger partial charge in [0.05, 0.1) is 14.5 Å². The third-order valence-electron chi connectivity index (χ3n) is 1.62. The molecule has 0 saturated carbocycles. The van der Waals surface area contributed by atoms with Crippen LogP contribution in [-0.2, 0) is 12.8 Å². The van der Waals surface area contributed by atoms with Crippen molar-refractivity contribution >= 4 is 27.3 Å². The van der Waals surface area contributed by atoms with Crippen LogP contribution in [0, 0.1) is 0 Å². The van der Waals surface area contributed by atoms with Crippen molar-refractivity contribution in [3.63, 3.8) is 0 Å². The molecule has 12 heavy (non-hydrogen) atoms. The first-order chi connectivity index (χ1) is 5.77. The number of nitrogens with two attached hydrogens (primary N) is 1. The first kappa shape index (κ1) is 10.2. The molecule has 1 aromatic heterocycles. The van der Waals surface area contributed by atoms with Gasteiger partial charge in [0.2, 0.25) is 0 Å². The number of thiazole rings is 1. The van der Waals surface area contributed by atoms with Crippen molar-refractivity contribution in [2.24, 2.45) is 5.73 Å². The first-order valence-electron chi connectivity index (χ1n) is 4.12. The number of aryl methyl sites for hydroxylation is 2. The summed E-state index contributed by atoms with van der Waals surface area (Å²) >= 11 is 5.22. The van der Waals surface area contributed by atoms with Crippen molar-refractivity contribution < 1.29 is 0 Å². The predicted molar refractivity (Wildman–Crippen MR) is 56.6 cm³/mol. The van der Waals surface area contributed by atoms with Crippen LogP contribution in [0.4, 0.5) is 0 Å². The standard InChI is InChI=1S/C8H13BrN2S/c1-2-6-8(9)12-7(11-6)4-3-5-10/h2-5,10H2,1H3. The molecule has 0 aliphatic heterocycles. The molecular weight excluding hydrogens is 236 g/mol. The largest absolute Gasteiger partial charge is 0.330 e. The second kappa shape index (κ2) is 4.94. The van der Waals surface area contributed by atoms with E-state index in [1.807, 2.05) is 0 Å². The van der Waals surface area contributed by atoms with Crippen LogP contribution in [0.25, 0.3) is 0 Å². The zero-order chi connectivity index (χ0) is 8.97. The van der Waals surface area contributed by atoms with Gasteiger partial charge in [-0.15, -0.1) is 11.3 Å². The van der Waals surface area contributed by atoms with E-state index < -0.39 is 0 Å². The molecule has 0 aliphatic rings. The Kier molecular flexibility index (Phi) is 4.18. The Bertz CT molecular complexity index is 247. The molecule has 2 nitrogen and oxygen atoms in total. The molecule has 68 valence electrons. The highest BCUT2D eigenvalue weighted by Gasteiger charge is 2.05. The van der Waals surface area contributed by atoms with Gasteiger partial charge >= 0.3 is 0 Å². The van der Waals surface area contributed by atoms with Gasteiger partial charge in [0.25, 0.3) is 0 Å². The maximum atomic E-state index is 5.42. The molecule has 1 rings (SSSR count). The molecule has 4 heteroatoms. The number of rotatable bonds is 4. The summed E-state index contributed by atoms with van der Waals surface area (Å²) in [5, 5.41) is 1.20. The van der Waals surface area contributed by atoms with E-state index in [0.29, 0.717) is 0 Å². The Balaban J connectivity index is 2.62. The smallest absolute Gasteiger partial charge is 0.0940 e. The summed E-state index contributed by atoms with van der Waals surface area (Å²) in [6.07, 6.45) is 3.04. The lowest BCUT2D eigenvalue weighted by Crippen LogP contribution is -2.00. The predicted octanol–water partition coefficient (Wildman–Crippen LogP) is 2.36. The molecule has 1 aromatic rings. The molecule has 0 saturated heterocycles. The van der Waals surface area contributed by atoms with Gasteiger partial charge in [-0.25, -0.2) is 4.98 Å². The van der Waals surface area contributed by atoms with Crippen molar-refractivity contribution in [3.8, 4) is 0 Å². The lowest BCUT2D eigenvalue weighted by Gasteiger charge is -1.90. The van der Waals surface area contributed by atoms with Gasteiger partial charge in [-0.2, -0.15) is 0 Å². The molecule has 0 aromatic carbocycles. The zero-order valence-corrected chi connectivity index (χ0v) is 9.54. The maximum Gasteiger partial charge on any atom is 0.0940 e. The van der Waals surface area contributed by atoms with Crippen LogP contribution >= 0.6 is 27.3 Å².